The lowest BCUT2D eigenvalue weighted by Crippen LogP contribution is -2.41. The number of hydrogen-bond acceptors (Lipinski definition) is 5. The van der Waals surface area contributed by atoms with Crippen LogP contribution >= 0.6 is 0 Å². The number of rotatable bonds is 3. The Morgan fingerprint density at radius 1 is 1.41 bits per heavy atom. The lowest BCUT2D eigenvalue weighted by Gasteiger charge is -2.22. The summed E-state index contributed by atoms with van der Waals surface area (Å²) in [6.07, 6.45) is 0. The summed E-state index contributed by atoms with van der Waals surface area (Å²) in [6, 6.07) is 6.66. The SMILES string of the molecule is C[C@@H](C#N)CN1C(=O)N[C@@](C)(c2ccc3c(c2)OCO3)C1=O. The van der Waals surface area contributed by atoms with Gasteiger partial charge in [-0.1, -0.05) is 6.07 Å². The van der Waals surface area contributed by atoms with Gasteiger partial charge in [0.05, 0.1) is 12.0 Å². The van der Waals surface area contributed by atoms with Crippen LogP contribution in [0.5, 0.6) is 11.5 Å². The molecule has 7 nitrogen and oxygen atoms in total. The van der Waals surface area contributed by atoms with Gasteiger partial charge in [0, 0.05) is 6.54 Å². The zero-order valence-corrected chi connectivity index (χ0v) is 12.3. The fourth-order valence-corrected chi connectivity index (χ4v) is 2.58. The number of nitriles is 1. The van der Waals surface area contributed by atoms with Crippen LogP contribution in [-0.2, 0) is 10.3 Å². The number of imide groups is 1. The topological polar surface area (TPSA) is 91.7 Å². The Morgan fingerprint density at radius 2 is 2.14 bits per heavy atom. The van der Waals surface area contributed by atoms with E-state index in [1.54, 1.807) is 32.0 Å². The van der Waals surface area contributed by atoms with Crippen molar-refractivity contribution in [1.82, 2.24) is 10.2 Å². The van der Waals surface area contributed by atoms with Crippen LogP contribution in [-0.4, -0.2) is 30.2 Å². The smallest absolute Gasteiger partial charge is 0.325 e. The standard InChI is InChI=1S/C15H15N3O4/c1-9(6-16)7-18-13(19)15(2,17-14(18)20)10-3-4-11-12(5-10)22-8-21-11/h3-5,9H,7-8H2,1-2H3,(H,17,20)/t9-,15-/m0/s1. The molecule has 114 valence electrons. The minimum absolute atomic E-state index is 0.0707. The van der Waals surface area contributed by atoms with E-state index in [4.69, 9.17) is 14.7 Å². The molecule has 0 spiro atoms. The van der Waals surface area contributed by atoms with E-state index in [1.807, 2.05) is 6.07 Å². The summed E-state index contributed by atoms with van der Waals surface area (Å²) in [5.74, 6) is 0.357. The molecule has 1 fully saturated rings. The van der Waals surface area contributed by atoms with E-state index in [2.05, 4.69) is 5.32 Å². The lowest BCUT2D eigenvalue weighted by molar-refractivity contribution is -0.131. The monoisotopic (exact) mass is 301 g/mol. The van der Waals surface area contributed by atoms with Gasteiger partial charge in [-0.15, -0.1) is 0 Å². The molecule has 2 aliphatic rings. The number of nitrogens with one attached hydrogen (secondary N) is 1. The van der Waals surface area contributed by atoms with Crippen molar-refractivity contribution in [3.63, 3.8) is 0 Å². The second-order valence-electron chi connectivity index (χ2n) is 5.57. The summed E-state index contributed by atoms with van der Waals surface area (Å²) in [5.41, 5.74) is -0.560. The first kappa shape index (κ1) is 14.2. The summed E-state index contributed by atoms with van der Waals surface area (Å²) in [4.78, 5) is 25.8. The van der Waals surface area contributed by atoms with Crippen LogP contribution in [0.2, 0.25) is 0 Å². The quantitative estimate of drug-likeness (QED) is 0.851. The van der Waals surface area contributed by atoms with E-state index < -0.39 is 17.5 Å². The summed E-state index contributed by atoms with van der Waals surface area (Å²) >= 11 is 0. The molecule has 0 radical (unpaired) electrons. The molecular weight excluding hydrogens is 286 g/mol. The summed E-state index contributed by atoms with van der Waals surface area (Å²) in [5, 5.41) is 11.6. The average molecular weight is 301 g/mol. The van der Waals surface area contributed by atoms with E-state index in [1.165, 1.54) is 0 Å². The van der Waals surface area contributed by atoms with E-state index in [9.17, 15) is 9.59 Å². The first-order chi connectivity index (χ1) is 10.5. The highest BCUT2D eigenvalue weighted by atomic mass is 16.7. The Labute approximate surface area is 127 Å². The second-order valence-corrected chi connectivity index (χ2v) is 5.57. The van der Waals surface area contributed by atoms with Crippen LogP contribution in [0.3, 0.4) is 0 Å². The molecule has 1 N–H and O–H groups in total. The van der Waals surface area contributed by atoms with Gasteiger partial charge in [-0.3, -0.25) is 9.69 Å². The normalized spacial score (nSPS) is 24.1. The number of amides is 3. The van der Waals surface area contributed by atoms with Crippen LogP contribution in [0.25, 0.3) is 0 Å². The summed E-state index contributed by atoms with van der Waals surface area (Å²) in [7, 11) is 0. The average Bonchev–Trinajstić information content (AvgIpc) is 3.05. The fraction of sp³-hybridized carbons (Fsp3) is 0.400. The van der Waals surface area contributed by atoms with Crippen molar-refractivity contribution in [3.8, 4) is 17.6 Å². The van der Waals surface area contributed by atoms with E-state index in [-0.39, 0.29) is 19.2 Å². The first-order valence-corrected chi connectivity index (χ1v) is 6.89. The zero-order valence-electron chi connectivity index (χ0n) is 12.3. The molecule has 0 saturated carbocycles. The van der Waals surface area contributed by atoms with Gasteiger partial charge in [-0.2, -0.15) is 5.26 Å². The predicted octanol–water partition coefficient (Wildman–Crippen LogP) is 1.34. The zero-order chi connectivity index (χ0) is 15.9. The number of ether oxygens (including phenoxy) is 2. The van der Waals surface area contributed by atoms with Gasteiger partial charge in [-0.05, 0) is 31.5 Å². The van der Waals surface area contributed by atoms with Crippen molar-refractivity contribution in [3.05, 3.63) is 23.8 Å². The molecule has 1 aromatic carbocycles. The van der Waals surface area contributed by atoms with Crippen molar-refractivity contribution < 1.29 is 19.1 Å². The highest BCUT2D eigenvalue weighted by Crippen LogP contribution is 2.37. The number of benzene rings is 1. The fourth-order valence-electron chi connectivity index (χ4n) is 2.58. The maximum absolute atomic E-state index is 12.7. The van der Waals surface area contributed by atoms with Crippen LogP contribution in [0.15, 0.2) is 18.2 Å². The maximum atomic E-state index is 12.7. The van der Waals surface area contributed by atoms with Gasteiger partial charge in [0.2, 0.25) is 6.79 Å². The van der Waals surface area contributed by atoms with Crippen molar-refractivity contribution in [2.45, 2.75) is 19.4 Å². The van der Waals surface area contributed by atoms with E-state index in [0.29, 0.717) is 17.1 Å². The molecule has 22 heavy (non-hydrogen) atoms. The third-order valence-electron chi connectivity index (χ3n) is 3.90. The maximum Gasteiger partial charge on any atom is 0.325 e. The Hall–Kier alpha value is -2.75. The molecule has 2 aliphatic heterocycles. The van der Waals surface area contributed by atoms with E-state index >= 15 is 0 Å². The highest BCUT2D eigenvalue weighted by molar-refractivity contribution is 6.07. The molecule has 3 rings (SSSR count). The summed E-state index contributed by atoms with van der Waals surface area (Å²) < 4.78 is 10.6. The van der Waals surface area contributed by atoms with Gasteiger partial charge in [-0.25, -0.2) is 4.79 Å². The third-order valence-corrected chi connectivity index (χ3v) is 3.90. The second kappa shape index (κ2) is 4.91. The van der Waals surface area contributed by atoms with Crippen LogP contribution in [0.4, 0.5) is 4.79 Å². The largest absolute Gasteiger partial charge is 0.454 e. The van der Waals surface area contributed by atoms with Crippen LogP contribution in [0, 0.1) is 17.2 Å². The number of carbonyl (C=O) groups excluding carboxylic acids is 2. The minimum Gasteiger partial charge on any atom is -0.454 e. The molecule has 2 atom stereocenters. The molecule has 1 saturated heterocycles. The molecule has 3 amide bonds. The van der Waals surface area contributed by atoms with Crippen molar-refractivity contribution >= 4 is 11.9 Å². The number of fused-ring (bicyclic) bond motifs is 1. The van der Waals surface area contributed by atoms with Gasteiger partial charge in [0.1, 0.15) is 5.54 Å². The van der Waals surface area contributed by atoms with Gasteiger partial charge >= 0.3 is 6.03 Å². The van der Waals surface area contributed by atoms with Gasteiger partial charge < -0.3 is 14.8 Å². The molecule has 1 aromatic rings. The predicted molar refractivity (Wildman–Crippen MR) is 74.9 cm³/mol. The molecule has 0 aromatic heterocycles. The Morgan fingerprint density at radius 3 is 2.86 bits per heavy atom. The van der Waals surface area contributed by atoms with Crippen molar-refractivity contribution in [2.24, 2.45) is 5.92 Å². The highest BCUT2D eigenvalue weighted by Gasteiger charge is 2.49. The molecule has 0 unspecified atom stereocenters. The molecule has 0 bridgehead atoms. The number of nitrogens with zero attached hydrogens (tertiary/aromatic N) is 2. The number of carbonyl (C=O) groups is 2. The van der Waals surface area contributed by atoms with Gasteiger partial charge in [0.25, 0.3) is 5.91 Å². The van der Waals surface area contributed by atoms with Crippen molar-refractivity contribution in [2.75, 3.05) is 13.3 Å². The lowest BCUT2D eigenvalue weighted by atomic mass is 9.91. The molecule has 0 aliphatic carbocycles. The third kappa shape index (κ3) is 2.04. The Bertz CT molecular complexity index is 697. The Balaban J connectivity index is 1.92. The summed E-state index contributed by atoms with van der Waals surface area (Å²) in [6.45, 7) is 3.52. The first-order valence-electron chi connectivity index (χ1n) is 6.89. The van der Waals surface area contributed by atoms with Gasteiger partial charge in [0.15, 0.2) is 11.5 Å². The Kier molecular flexibility index (Phi) is 3.17. The molecular formula is C15H15N3O4. The van der Waals surface area contributed by atoms with Crippen molar-refractivity contribution in [1.29, 1.82) is 5.26 Å². The van der Waals surface area contributed by atoms with Crippen LogP contribution in [0.1, 0.15) is 19.4 Å². The molecule has 2 heterocycles. The van der Waals surface area contributed by atoms with E-state index in [0.717, 1.165) is 4.90 Å². The molecule has 7 heteroatoms. The number of hydrogen-bond donors (Lipinski definition) is 1. The number of urea groups is 1. The minimum atomic E-state index is -1.17. The van der Waals surface area contributed by atoms with Crippen LogP contribution < -0.4 is 14.8 Å².